The zero-order valence-corrected chi connectivity index (χ0v) is 11.9. The SMILES string of the molecule is O=C(COCc1ccccc1)Nc1c(Cl)ncnc1Cl. The molecule has 20 heavy (non-hydrogen) atoms. The summed E-state index contributed by atoms with van der Waals surface area (Å²) in [4.78, 5) is 19.2. The van der Waals surface area contributed by atoms with Crippen molar-refractivity contribution in [1.29, 1.82) is 0 Å². The average molecular weight is 312 g/mol. The maximum absolute atomic E-state index is 11.7. The number of halogens is 2. The molecule has 0 atom stereocenters. The Morgan fingerprint density at radius 3 is 2.45 bits per heavy atom. The monoisotopic (exact) mass is 311 g/mol. The molecule has 5 nitrogen and oxygen atoms in total. The van der Waals surface area contributed by atoms with Crippen LogP contribution in [0.15, 0.2) is 36.7 Å². The molecular weight excluding hydrogens is 301 g/mol. The highest BCUT2D eigenvalue weighted by molar-refractivity contribution is 6.38. The molecule has 1 N–H and O–H groups in total. The first-order valence-corrected chi connectivity index (χ1v) is 6.50. The maximum atomic E-state index is 11.7. The number of hydrogen-bond acceptors (Lipinski definition) is 4. The maximum Gasteiger partial charge on any atom is 0.250 e. The third-order valence-corrected chi connectivity index (χ3v) is 2.94. The number of nitrogens with zero attached hydrogens (tertiary/aromatic N) is 2. The highest BCUT2D eigenvalue weighted by Crippen LogP contribution is 2.25. The van der Waals surface area contributed by atoms with Gasteiger partial charge in [-0.15, -0.1) is 0 Å². The van der Waals surface area contributed by atoms with E-state index in [0.717, 1.165) is 5.56 Å². The number of ether oxygens (including phenoxy) is 1. The zero-order chi connectivity index (χ0) is 14.4. The van der Waals surface area contributed by atoms with E-state index in [1.807, 2.05) is 30.3 Å². The van der Waals surface area contributed by atoms with Crippen molar-refractivity contribution in [1.82, 2.24) is 9.97 Å². The van der Waals surface area contributed by atoms with E-state index in [9.17, 15) is 4.79 Å². The van der Waals surface area contributed by atoms with Crippen LogP contribution in [0, 0.1) is 0 Å². The molecule has 1 aromatic heterocycles. The number of amides is 1. The molecule has 1 amide bonds. The predicted molar refractivity (Wildman–Crippen MR) is 76.8 cm³/mol. The van der Waals surface area contributed by atoms with Crippen LogP contribution >= 0.6 is 23.2 Å². The first-order chi connectivity index (χ1) is 9.66. The summed E-state index contributed by atoms with van der Waals surface area (Å²) < 4.78 is 5.29. The number of anilines is 1. The van der Waals surface area contributed by atoms with Gasteiger partial charge in [0.15, 0.2) is 10.3 Å². The van der Waals surface area contributed by atoms with Gasteiger partial charge in [-0.1, -0.05) is 53.5 Å². The van der Waals surface area contributed by atoms with Crippen molar-refractivity contribution < 1.29 is 9.53 Å². The summed E-state index contributed by atoms with van der Waals surface area (Å²) in [5.74, 6) is -0.375. The normalized spacial score (nSPS) is 10.3. The van der Waals surface area contributed by atoms with Gasteiger partial charge in [-0.05, 0) is 5.56 Å². The molecule has 0 saturated heterocycles. The van der Waals surface area contributed by atoms with Gasteiger partial charge in [0, 0.05) is 0 Å². The van der Waals surface area contributed by atoms with Gasteiger partial charge in [0.25, 0.3) is 5.91 Å². The Kier molecular flexibility index (Phi) is 5.29. The number of carbonyl (C=O) groups is 1. The molecule has 2 aromatic rings. The number of rotatable bonds is 5. The van der Waals surface area contributed by atoms with Crippen molar-refractivity contribution >= 4 is 34.8 Å². The molecule has 0 radical (unpaired) electrons. The van der Waals surface area contributed by atoms with E-state index in [-0.39, 0.29) is 28.5 Å². The number of carbonyl (C=O) groups excluding carboxylic acids is 1. The fourth-order valence-corrected chi connectivity index (χ4v) is 1.87. The first kappa shape index (κ1) is 14.7. The zero-order valence-electron chi connectivity index (χ0n) is 10.3. The molecular formula is C13H11Cl2N3O2. The fourth-order valence-electron chi connectivity index (χ4n) is 1.46. The summed E-state index contributed by atoms with van der Waals surface area (Å²) in [6.07, 6.45) is 1.21. The van der Waals surface area contributed by atoms with Crippen molar-refractivity contribution in [2.75, 3.05) is 11.9 Å². The molecule has 0 spiro atoms. The molecule has 2 rings (SSSR count). The van der Waals surface area contributed by atoms with Gasteiger partial charge < -0.3 is 10.1 Å². The standard InChI is InChI=1S/C13H11Cl2N3O2/c14-12-11(13(15)17-8-16-12)18-10(19)7-20-6-9-4-2-1-3-5-9/h1-5,8H,6-7H2,(H,18,19). The first-order valence-electron chi connectivity index (χ1n) is 5.74. The minimum Gasteiger partial charge on any atom is -0.367 e. The molecule has 0 aliphatic rings. The molecule has 1 heterocycles. The molecule has 1 aromatic carbocycles. The van der Waals surface area contributed by atoms with E-state index < -0.39 is 0 Å². The highest BCUT2D eigenvalue weighted by atomic mass is 35.5. The number of hydrogen-bond donors (Lipinski definition) is 1. The molecule has 0 aliphatic carbocycles. The summed E-state index contributed by atoms with van der Waals surface area (Å²) in [6.45, 7) is 0.234. The molecule has 0 fully saturated rings. The van der Waals surface area contributed by atoms with Crippen LogP contribution in [-0.4, -0.2) is 22.5 Å². The molecule has 0 unspecified atom stereocenters. The second-order valence-electron chi connectivity index (χ2n) is 3.86. The molecule has 104 valence electrons. The minimum atomic E-state index is -0.375. The van der Waals surface area contributed by atoms with E-state index in [1.54, 1.807) is 0 Å². The van der Waals surface area contributed by atoms with Crippen LogP contribution in [0.2, 0.25) is 10.3 Å². The summed E-state index contributed by atoms with van der Waals surface area (Å²) in [6, 6.07) is 9.54. The molecule has 0 aliphatic heterocycles. The third-order valence-electron chi connectivity index (χ3n) is 2.36. The second kappa shape index (κ2) is 7.19. The number of nitrogens with one attached hydrogen (secondary N) is 1. The van der Waals surface area contributed by atoms with Crippen molar-refractivity contribution in [3.05, 3.63) is 52.5 Å². The second-order valence-corrected chi connectivity index (χ2v) is 4.57. The van der Waals surface area contributed by atoms with Gasteiger partial charge in [-0.2, -0.15) is 0 Å². The Labute approximate surface area is 125 Å². The van der Waals surface area contributed by atoms with Crippen molar-refractivity contribution in [3.8, 4) is 0 Å². The van der Waals surface area contributed by atoms with Crippen molar-refractivity contribution in [2.45, 2.75) is 6.61 Å². The van der Waals surface area contributed by atoms with E-state index in [1.165, 1.54) is 6.33 Å². The minimum absolute atomic E-state index is 0.0846. The van der Waals surface area contributed by atoms with Crippen LogP contribution in [0.3, 0.4) is 0 Å². The van der Waals surface area contributed by atoms with Crippen LogP contribution in [0.1, 0.15) is 5.56 Å². The third kappa shape index (κ3) is 4.16. The van der Waals surface area contributed by atoms with Gasteiger partial charge in [0.05, 0.1) is 6.61 Å². The lowest BCUT2D eigenvalue weighted by atomic mass is 10.2. The lowest BCUT2D eigenvalue weighted by Crippen LogP contribution is -2.19. The largest absolute Gasteiger partial charge is 0.367 e. The van der Waals surface area contributed by atoms with Crippen molar-refractivity contribution in [2.24, 2.45) is 0 Å². The molecule has 0 bridgehead atoms. The summed E-state index contributed by atoms with van der Waals surface area (Å²) >= 11 is 11.6. The van der Waals surface area contributed by atoms with E-state index in [4.69, 9.17) is 27.9 Å². The molecule has 0 saturated carbocycles. The lowest BCUT2D eigenvalue weighted by Gasteiger charge is -2.08. The van der Waals surface area contributed by atoms with Gasteiger partial charge in [-0.25, -0.2) is 9.97 Å². The highest BCUT2D eigenvalue weighted by Gasteiger charge is 2.11. The van der Waals surface area contributed by atoms with Gasteiger partial charge in [0.2, 0.25) is 0 Å². The van der Waals surface area contributed by atoms with Crippen LogP contribution in [0.4, 0.5) is 5.69 Å². The summed E-state index contributed by atoms with van der Waals surface area (Å²) in [5.41, 5.74) is 1.17. The van der Waals surface area contributed by atoms with E-state index in [0.29, 0.717) is 6.61 Å². The van der Waals surface area contributed by atoms with Crippen LogP contribution in [-0.2, 0) is 16.1 Å². The Morgan fingerprint density at radius 1 is 1.15 bits per heavy atom. The van der Waals surface area contributed by atoms with Gasteiger partial charge >= 0.3 is 0 Å². The van der Waals surface area contributed by atoms with Gasteiger partial charge in [-0.3, -0.25) is 4.79 Å². The smallest absolute Gasteiger partial charge is 0.250 e. The number of benzene rings is 1. The quantitative estimate of drug-likeness (QED) is 0.862. The molecule has 7 heteroatoms. The number of aromatic nitrogens is 2. The van der Waals surface area contributed by atoms with Crippen LogP contribution in [0.25, 0.3) is 0 Å². The van der Waals surface area contributed by atoms with Crippen LogP contribution in [0.5, 0.6) is 0 Å². The van der Waals surface area contributed by atoms with Gasteiger partial charge in [0.1, 0.15) is 18.6 Å². The van der Waals surface area contributed by atoms with Crippen LogP contribution < -0.4 is 5.32 Å². The van der Waals surface area contributed by atoms with E-state index in [2.05, 4.69) is 15.3 Å². The Balaban J connectivity index is 1.84. The Morgan fingerprint density at radius 2 is 1.80 bits per heavy atom. The summed E-state index contributed by atoms with van der Waals surface area (Å²) in [5, 5.41) is 2.68. The average Bonchev–Trinajstić information content (AvgIpc) is 2.44. The topological polar surface area (TPSA) is 64.1 Å². The predicted octanol–water partition coefficient (Wildman–Crippen LogP) is 2.94. The lowest BCUT2D eigenvalue weighted by molar-refractivity contribution is -0.121. The summed E-state index contributed by atoms with van der Waals surface area (Å²) in [7, 11) is 0. The fraction of sp³-hybridized carbons (Fsp3) is 0.154. The Hall–Kier alpha value is -1.69. The van der Waals surface area contributed by atoms with Crippen molar-refractivity contribution in [3.63, 3.8) is 0 Å². The van der Waals surface area contributed by atoms with E-state index >= 15 is 0 Å². The Bertz CT molecular complexity index is 573.